The highest BCUT2D eigenvalue weighted by atomic mass is 16.6. The van der Waals surface area contributed by atoms with Gasteiger partial charge in [-0.3, -0.25) is 9.69 Å². The minimum absolute atomic E-state index is 0.0677. The van der Waals surface area contributed by atoms with Gasteiger partial charge in [-0.2, -0.15) is 0 Å². The molecule has 0 aromatic carbocycles. The van der Waals surface area contributed by atoms with Crippen LogP contribution in [-0.4, -0.2) is 52.7 Å². The molecule has 1 N–H and O–H groups in total. The van der Waals surface area contributed by atoms with E-state index >= 15 is 0 Å². The molecule has 108 valence electrons. The third-order valence-electron chi connectivity index (χ3n) is 3.54. The Hall–Kier alpha value is -2.05. The minimum atomic E-state index is -0.411. The number of cyclic esters (lactones) is 1. The molecule has 2 fully saturated rings. The number of rotatable bonds is 6. The topological polar surface area (TPSA) is 76.5 Å². The smallest absolute Gasteiger partial charge is 0.410 e. The second-order valence-electron chi connectivity index (χ2n) is 5.14. The molecule has 1 saturated carbocycles. The summed E-state index contributed by atoms with van der Waals surface area (Å²) >= 11 is 0. The van der Waals surface area contributed by atoms with Gasteiger partial charge in [0.2, 0.25) is 5.91 Å². The Bertz CT molecular complexity index is 509. The molecule has 1 aliphatic carbocycles. The van der Waals surface area contributed by atoms with Crippen LogP contribution < -0.4 is 5.32 Å². The van der Waals surface area contributed by atoms with Crippen LogP contribution in [0, 0.1) is 0 Å². The number of amides is 2. The van der Waals surface area contributed by atoms with E-state index in [9.17, 15) is 9.59 Å². The first-order valence-corrected chi connectivity index (χ1v) is 6.93. The molecule has 2 aliphatic rings. The third kappa shape index (κ3) is 2.92. The van der Waals surface area contributed by atoms with E-state index in [4.69, 9.17) is 4.74 Å². The Morgan fingerprint density at radius 3 is 3.05 bits per heavy atom. The first-order valence-electron chi connectivity index (χ1n) is 6.93. The molecule has 0 radical (unpaired) electrons. The summed E-state index contributed by atoms with van der Waals surface area (Å²) in [7, 11) is 0. The van der Waals surface area contributed by atoms with Crippen molar-refractivity contribution in [1.82, 2.24) is 19.8 Å². The van der Waals surface area contributed by atoms with Gasteiger partial charge in [-0.25, -0.2) is 9.78 Å². The van der Waals surface area contributed by atoms with Crippen LogP contribution >= 0.6 is 0 Å². The van der Waals surface area contributed by atoms with Crippen molar-refractivity contribution in [3.63, 3.8) is 0 Å². The number of carbonyl (C=O) groups is 2. The van der Waals surface area contributed by atoms with E-state index in [2.05, 4.69) is 14.9 Å². The first-order chi connectivity index (χ1) is 9.74. The molecule has 0 unspecified atom stereocenters. The predicted octanol–water partition coefficient (Wildman–Crippen LogP) is 0.329. The number of imidazole rings is 1. The highest BCUT2D eigenvalue weighted by molar-refractivity contribution is 5.82. The number of ether oxygens (including phenoxy) is 1. The Morgan fingerprint density at radius 2 is 2.35 bits per heavy atom. The summed E-state index contributed by atoms with van der Waals surface area (Å²) in [6, 6.07) is 0. The molecular formula is C13H18N4O3. The number of hydrogen-bond acceptors (Lipinski definition) is 4. The lowest BCUT2D eigenvalue weighted by Crippen LogP contribution is -2.38. The van der Waals surface area contributed by atoms with Crippen LogP contribution in [0.1, 0.15) is 24.6 Å². The van der Waals surface area contributed by atoms with E-state index < -0.39 is 6.09 Å². The van der Waals surface area contributed by atoms with Crippen molar-refractivity contribution in [1.29, 1.82) is 0 Å². The van der Waals surface area contributed by atoms with E-state index in [1.165, 1.54) is 17.7 Å². The van der Waals surface area contributed by atoms with Crippen LogP contribution in [0.25, 0.3) is 0 Å². The van der Waals surface area contributed by atoms with Crippen molar-refractivity contribution >= 4 is 12.0 Å². The van der Waals surface area contributed by atoms with Gasteiger partial charge < -0.3 is 14.6 Å². The summed E-state index contributed by atoms with van der Waals surface area (Å²) in [5.41, 5.74) is 0. The summed E-state index contributed by atoms with van der Waals surface area (Å²) in [5, 5.41) is 2.82. The SMILES string of the molecule is O=C(CN1CCOC1=O)NCCn1ccnc1C1CC1. The number of nitrogens with zero attached hydrogens (tertiary/aromatic N) is 3. The molecule has 3 rings (SSSR count). The van der Waals surface area contributed by atoms with Gasteiger partial charge >= 0.3 is 6.09 Å². The normalized spacial score (nSPS) is 18.2. The Labute approximate surface area is 116 Å². The number of carbonyl (C=O) groups excluding carboxylic acids is 2. The molecule has 1 saturated heterocycles. The number of nitrogens with one attached hydrogen (secondary N) is 1. The molecule has 0 atom stereocenters. The van der Waals surface area contributed by atoms with Crippen LogP contribution in [0.15, 0.2) is 12.4 Å². The quantitative estimate of drug-likeness (QED) is 0.813. The summed E-state index contributed by atoms with van der Waals surface area (Å²) in [5.74, 6) is 1.55. The largest absolute Gasteiger partial charge is 0.448 e. The average Bonchev–Trinajstić information content (AvgIpc) is 3.04. The zero-order valence-corrected chi connectivity index (χ0v) is 11.2. The second kappa shape index (κ2) is 5.52. The van der Waals surface area contributed by atoms with Crippen LogP contribution in [0.3, 0.4) is 0 Å². The van der Waals surface area contributed by atoms with Crippen molar-refractivity contribution in [2.75, 3.05) is 26.2 Å². The second-order valence-corrected chi connectivity index (χ2v) is 5.14. The number of aromatic nitrogens is 2. The summed E-state index contributed by atoms with van der Waals surface area (Å²) < 4.78 is 6.86. The lowest BCUT2D eigenvalue weighted by molar-refractivity contribution is -0.121. The summed E-state index contributed by atoms with van der Waals surface area (Å²) in [6.07, 6.45) is 5.75. The van der Waals surface area contributed by atoms with Crippen LogP contribution in [0.2, 0.25) is 0 Å². The molecular weight excluding hydrogens is 260 g/mol. The Balaban J connectivity index is 1.41. The lowest BCUT2D eigenvalue weighted by Gasteiger charge is -2.13. The molecule has 1 aromatic heterocycles. The number of hydrogen-bond donors (Lipinski definition) is 1. The van der Waals surface area contributed by atoms with Gasteiger partial charge in [-0.15, -0.1) is 0 Å². The van der Waals surface area contributed by atoms with Gasteiger partial charge in [-0.05, 0) is 12.8 Å². The van der Waals surface area contributed by atoms with Gasteiger partial charge in [0.25, 0.3) is 0 Å². The van der Waals surface area contributed by atoms with Crippen molar-refractivity contribution in [3.8, 4) is 0 Å². The fourth-order valence-electron chi connectivity index (χ4n) is 2.33. The Kier molecular flexibility index (Phi) is 3.58. The molecule has 2 amide bonds. The van der Waals surface area contributed by atoms with E-state index in [1.54, 1.807) is 6.20 Å². The fourth-order valence-corrected chi connectivity index (χ4v) is 2.33. The summed E-state index contributed by atoms with van der Waals surface area (Å²) in [4.78, 5) is 28.7. The van der Waals surface area contributed by atoms with Gasteiger partial charge in [0, 0.05) is 31.4 Å². The zero-order valence-electron chi connectivity index (χ0n) is 11.2. The zero-order chi connectivity index (χ0) is 13.9. The fraction of sp³-hybridized carbons (Fsp3) is 0.615. The maximum Gasteiger partial charge on any atom is 0.410 e. The van der Waals surface area contributed by atoms with Crippen LogP contribution in [0.5, 0.6) is 0 Å². The molecule has 2 heterocycles. The first kappa shape index (κ1) is 13.0. The molecule has 20 heavy (non-hydrogen) atoms. The van der Waals surface area contributed by atoms with Crippen molar-refractivity contribution in [3.05, 3.63) is 18.2 Å². The molecule has 1 aliphatic heterocycles. The van der Waals surface area contributed by atoms with Crippen molar-refractivity contribution in [2.24, 2.45) is 0 Å². The van der Waals surface area contributed by atoms with E-state index in [0.717, 1.165) is 5.82 Å². The minimum Gasteiger partial charge on any atom is -0.448 e. The van der Waals surface area contributed by atoms with Gasteiger partial charge in [0.05, 0.1) is 6.54 Å². The highest BCUT2D eigenvalue weighted by Gasteiger charge is 2.27. The third-order valence-corrected chi connectivity index (χ3v) is 3.54. The Morgan fingerprint density at radius 1 is 1.50 bits per heavy atom. The van der Waals surface area contributed by atoms with E-state index in [1.807, 2.05) is 6.20 Å². The summed E-state index contributed by atoms with van der Waals surface area (Å²) in [6.45, 7) is 2.17. The molecule has 7 heteroatoms. The molecule has 0 bridgehead atoms. The maximum atomic E-state index is 11.7. The predicted molar refractivity (Wildman–Crippen MR) is 70.1 cm³/mol. The maximum absolute atomic E-state index is 11.7. The standard InChI is InChI=1S/C13H18N4O3/c18-11(9-17-7-8-20-13(17)19)14-3-5-16-6-4-15-12(16)10-1-2-10/h4,6,10H,1-3,5,7-9H2,(H,14,18). The van der Waals surface area contributed by atoms with Crippen molar-refractivity contribution < 1.29 is 14.3 Å². The van der Waals surface area contributed by atoms with Crippen molar-refractivity contribution in [2.45, 2.75) is 25.3 Å². The van der Waals surface area contributed by atoms with Gasteiger partial charge in [0.15, 0.2) is 0 Å². The molecule has 1 aromatic rings. The van der Waals surface area contributed by atoms with Gasteiger partial charge in [-0.1, -0.05) is 0 Å². The van der Waals surface area contributed by atoms with Crippen LogP contribution in [-0.2, 0) is 16.1 Å². The molecule has 7 nitrogen and oxygen atoms in total. The highest BCUT2D eigenvalue weighted by Crippen LogP contribution is 2.38. The van der Waals surface area contributed by atoms with Crippen LogP contribution in [0.4, 0.5) is 4.79 Å². The monoisotopic (exact) mass is 278 g/mol. The molecule has 0 spiro atoms. The van der Waals surface area contributed by atoms with Gasteiger partial charge in [0.1, 0.15) is 19.0 Å². The van der Waals surface area contributed by atoms with E-state index in [0.29, 0.717) is 32.2 Å². The lowest BCUT2D eigenvalue weighted by atomic mass is 10.4. The van der Waals surface area contributed by atoms with E-state index in [-0.39, 0.29) is 12.5 Å². The average molecular weight is 278 g/mol.